The van der Waals surface area contributed by atoms with Crippen LogP contribution in [0.25, 0.3) is 21.7 Å². The Bertz CT molecular complexity index is 1800. The summed E-state index contributed by atoms with van der Waals surface area (Å²) in [5.74, 6) is 0.0636. The van der Waals surface area contributed by atoms with Crippen LogP contribution in [0.2, 0.25) is 5.02 Å². The summed E-state index contributed by atoms with van der Waals surface area (Å²) < 4.78 is 10.8. The number of ether oxygens (including phenoxy) is 2. The Morgan fingerprint density at radius 2 is 1.67 bits per heavy atom. The van der Waals surface area contributed by atoms with Crippen molar-refractivity contribution >= 4 is 77.2 Å². The zero-order valence-electron chi connectivity index (χ0n) is 25.9. The van der Waals surface area contributed by atoms with Gasteiger partial charge in [0.25, 0.3) is 0 Å². The highest BCUT2D eigenvalue weighted by Gasteiger charge is 2.21. The third-order valence-corrected chi connectivity index (χ3v) is 8.81. The number of nitrogens with zero attached hydrogens (tertiary/aromatic N) is 4. The number of rotatable bonds is 15. The van der Waals surface area contributed by atoms with Crippen molar-refractivity contribution in [2.75, 3.05) is 32.0 Å². The molecule has 2 heterocycles. The van der Waals surface area contributed by atoms with E-state index in [1.54, 1.807) is 24.3 Å². The van der Waals surface area contributed by atoms with E-state index in [2.05, 4.69) is 22.4 Å². The van der Waals surface area contributed by atoms with Gasteiger partial charge in [0, 0.05) is 46.8 Å². The molecular weight excluding hydrogens is 731 g/mol. The van der Waals surface area contributed by atoms with Crippen LogP contribution in [0.4, 0.5) is 5.82 Å². The van der Waals surface area contributed by atoms with Gasteiger partial charge in [-0.15, -0.1) is 36.2 Å². The molecule has 0 saturated heterocycles. The number of nitrogens with two attached hydrogens (primary N) is 3. The number of esters is 1. The Labute approximate surface area is 309 Å². The molecule has 49 heavy (non-hydrogen) atoms. The number of nitrogens with one attached hydrogen (secondary N) is 1. The summed E-state index contributed by atoms with van der Waals surface area (Å²) in [6.45, 7) is 0.687. The van der Waals surface area contributed by atoms with Crippen molar-refractivity contribution in [1.29, 1.82) is 10.5 Å². The van der Waals surface area contributed by atoms with E-state index in [0.717, 1.165) is 16.3 Å². The summed E-state index contributed by atoms with van der Waals surface area (Å²) in [4.78, 5) is 32.8. The van der Waals surface area contributed by atoms with E-state index in [4.69, 9.17) is 43.3 Å². The molecule has 0 aliphatic heterocycles. The molecule has 0 radical (unpaired) electrons. The van der Waals surface area contributed by atoms with E-state index in [1.807, 2.05) is 29.6 Å². The van der Waals surface area contributed by atoms with Gasteiger partial charge in [0.2, 0.25) is 5.91 Å². The third-order valence-electron chi connectivity index (χ3n) is 6.61. The van der Waals surface area contributed by atoms with Gasteiger partial charge in [0.1, 0.15) is 52.5 Å². The second kappa shape index (κ2) is 20.4. The van der Waals surface area contributed by atoms with Gasteiger partial charge >= 0.3 is 5.97 Å². The van der Waals surface area contributed by atoms with Crippen LogP contribution in [0.3, 0.4) is 0 Å². The number of aromatic nitrogens is 2. The fraction of sp³-hybridized carbons (Fsp3) is 0.250. The number of hydrogen-bond acceptors (Lipinski definition) is 13. The molecule has 0 unspecified atom stereocenters. The van der Waals surface area contributed by atoms with Crippen LogP contribution in [0.15, 0.2) is 58.9 Å². The van der Waals surface area contributed by atoms with Crippen molar-refractivity contribution in [2.45, 2.75) is 29.7 Å². The molecule has 1 amide bonds. The van der Waals surface area contributed by atoms with Gasteiger partial charge in [-0.2, -0.15) is 10.5 Å². The molecule has 258 valence electrons. The van der Waals surface area contributed by atoms with Crippen LogP contribution in [0, 0.1) is 22.7 Å². The standard InChI is InChI=1S/C32H31ClN8O4S2.2ClH/c33-21-5-1-20(2-6-21)31-40-22(17-46-31)18-47-32-25(16-36)28(24(15-35)29(38)41-32)19-3-7-23(8-4-19)44-13-14-45-27(42)10-9-26(37)30(43)39-12-11-34;;/h1-8,17,26H,9-14,18,34,37H2,(H2,38,41)(H,39,43);2*1H/t26-;;/m1../s1. The van der Waals surface area contributed by atoms with Crippen LogP contribution in [0.1, 0.15) is 29.7 Å². The number of carbonyl (C=O) groups excluding carboxylic acids is 2. The monoisotopic (exact) mass is 762 g/mol. The first-order valence-electron chi connectivity index (χ1n) is 14.3. The quantitative estimate of drug-likeness (QED) is 0.0708. The topological polar surface area (TPSA) is 216 Å². The average molecular weight is 764 g/mol. The van der Waals surface area contributed by atoms with Crippen LogP contribution >= 0.6 is 59.5 Å². The fourth-order valence-corrected chi connectivity index (χ4v) is 6.21. The molecule has 7 N–H and O–H groups in total. The predicted molar refractivity (Wildman–Crippen MR) is 196 cm³/mol. The molecule has 0 aliphatic carbocycles. The number of thiazole rings is 1. The van der Waals surface area contributed by atoms with Crippen LogP contribution in [-0.4, -0.2) is 54.2 Å². The molecule has 0 fully saturated rings. The van der Waals surface area contributed by atoms with Crippen molar-refractivity contribution in [3.63, 3.8) is 0 Å². The van der Waals surface area contributed by atoms with E-state index >= 15 is 0 Å². The highest BCUT2D eigenvalue weighted by molar-refractivity contribution is 7.98. The van der Waals surface area contributed by atoms with E-state index in [-0.39, 0.29) is 73.7 Å². The second-order valence-electron chi connectivity index (χ2n) is 9.91. The van der Waals surface area contributed by atoms with E-state index in [1.165, 1.54) is 23.1 Å². The number of anilines is 1. The first-order valence-corrected chi connectivity index (χ1v) is 16.6. The summed E-state index contributed by atoms with van der Waals surface area (Å²) in [5, 5.41) is 26.4. The van der Waals surface area contributed by atoms with Gasteiger partial charge in [-0.25, -0.2) is 9.97 Å². The van der Waals surface area contributed by atoms with Gasteiger partial charge in [-0.1, -0.05) is 47.6 Å². The summed E-state index contributed by atoms with van der Waals surface area (Å²) >= 11 is 8.81. The number of amides is 1. The summed E-state index contributed by atoms with van der Waals surface area (Å²) in [6.07, 6.45) is 0.126. The second-order valence-corrected chi connectivity index (χ2v) is 12.2. The number of pyridine rings is 1. The lowest BCUT2D eigenvalue weighted by molar-refractivity contribution is -0.144. The molecule has 2 aromatic heterocycles. The molecule has 0 spiro atoms. The van der Waals surface area contributed by atoms with E-state index in [9.17, 15) is 20.1 Å². The zero-order valence-corrected chi connectivity index (χ0v) is 29.9. The minimum absolute atomic E-state index is 0. The van der Waals surface area contributed by atoms with Crippen molar-refractivity contribution in [3.8, 4) is 39.6 Å². The molecular formula is C32H33Cl3N8O4S2. The smallest absolute Gasteiger partial charge is 0.305 e. The Balaban J connectivity index is 0.00000417. The van der Waals surface area contributed by atoms with E-state index in [0.29, 0.717) is 45.8 Å². The summed E-state index contributed by atoms with van der Waals surface area (Å²) in [6, 6.07) is 17.7. The van der Waals surface area contributed by atoms with Gasteiger partial charge in [0.05, 0.1) is 17.3 Å². The van der Waals surface area contributed by atoms with Gasteiger partial charge < -0.3 is 32.0 Å². The molecule has 0 saturated carbocycles. The highest BCUT2D eigenvalue weighted by Crippen LogP contribution is 2.37. The number of hydrogen-bond donors (Lipinski definition) is 4. The largest absolute Gasteiger partial charge is 0.490 e. The predicted octanol–water partition coefficient (Wildman–Crippen LogP) is 5.09. The molecule has 4 aromatic rings. The van der Waals surface area contributed by atoms with Crippen LogP contribution in [-0.2, 0) is 20.1 Å². The first-order chi connectivity index (χ1) is 22.7. The lowest BCUT2D eigenvalue weighted by Crippen LogP contribution is -2.42. The lowest BCUT2D eigenvalue weighted by atomic mass is 9.97. The molecule has 0 aliphatic rings. The molecule has 0 bridgehead atoms. The number of thioether (sulfide) groups is 1. The summed E-state index contributed by atoms with van der Waals surface area (Å²) in [5.41, 5.74) is 20.3. The molecule has 2 aromatic carbocycles. The SMILES string of the molecule is Cl.Cl.N#Cc1c(N)nc(SCc2csc(-c3ccc(Cl)cc3)n2)c(C#N)c1-c1ccc(OCCOC(=O)CC[C@@H](N)C(=O)NCCN)cc1. The van der Waals surface area contributed by atoms with Crippen LogP contribution < -0.4 is 27.3 Å². The van der Waals surface area contributed by atoms with Crippen molar-refractivity contribution in [2.24, 2.45) is 11.5 Å². The minimum Gasteiger partial charge on any atom is -0.490 e. The van der Waals surface area contributed by atoms with Crippen molar-refractivity contribution in [1.82, 2.24) is 15.3 Å². The summed E-state index contributed by atoms with van der Waals surface area (Å²) in [7, 11) is 0. The molecule has 1 atom stereocenters. The fourth-order valence-electron chi connectivity index (χ4n) is 4.27. The maximum atomic E-state index is 12.0. The Morgan fingerprint density at radius 3 is 2.33 bits per heavy atom. The van der Waals surface area contributed by atoms with Crippen molar-refractivity contribution < 1.29 is 19.1 Å². The van der Waals surface area contributed by atoms with Crippen molar-refractivity contribution in [3.05, 3.63) is 75.8 Å². The van der Waals surface area contributed by atoms with Crippen LogP contribution in [0.5, 0.6) is 5.75 Å². The average Bonchev–Trinajstić information content (AvgIpc) is 3.56. The zero-order chi connectivity index (χ0) is 33.8. The number of nitriles is 2. The number of halogens is 3. The number of benzene rings is 2. The maximum absolute atomic E-state index is 12.0. The molecule has 12 nitrogen and oxygen atoms in total. The van der Waals surface area contributed by atoms with Gasteiger partial charge in [0.15, 0.2) is 0 Å². The number of carbonyl (C=O) groups is 2. The molecule has 17 heteroatoms. The Kier molecular flexibility index (Phi) is 17.1. The highest BCUT2D eigenvalue weighted by atomic mass is 35.5. The first kappa shape index (κ1) is 41.1. The Hall–Kier alpha value is -4.12. The minimum atomic E-state index is -0.829. The van der Waals surface area contributed by atoms with E-state index < -0.39 is 12.0 Å². The third kappa shape index (κ3) is 11.5. The Morgan fingerprint density at radius 1 is 1.00 bits per heavy atom. The normalized spacial score (nSPS) is 10.8. The lowest BCUT2D eigenvalue weighted by Gasteiger charge is -2.14. The maximum Gasteiger partial charge on any atom is 0.305 e. The van der Waals surface area contributed by atoms with Gasteiger partial charge in [-0.05, 0) is 36.2 Å². The number of nitrogen functional groups attached to an aromatic ring is 1. The van der Waals surface area contributed by atoms with Gasteiger partial charge in [-0.3, -0.25) is 9.59 Å². The molecule has 4 rings (SSSR count).